The van der Waals surface area contributed by atoms with E-state index in [2.05, 4.69) is 0 Å². The van der Waals surface area contributed by atoms with Gasteiger partial charge in [-0.25, -0.2) is 0 Å². The summed E-state index contributed by atoms with van der Waals surface area (Å²) in [6.45, 7) is 3.35. The topological polar surface area (TPSA) is 36.9 Å². The van der Waals surface area contributed by atoms with Crippen LogP contribution in [0.5, 0.6) is 0 Å². The molecule has 17 heavy (non-hydrogen) atoms. The summed E-state index contributed by atoms with van der Waals surface area (Å²) in [5, 5.41) is 0. The Morgan fingerprint density at radius 3 is 0.941 bits per heavy atom. The van der Waals surface area contributed by atoms with Crippen LogP contribution in [0.3, 0.4) is 0 Å². The Morgan fingerprint density at radius 2 is 0.765 bits per heavy atom. The molecule has 0 radical (unpaired) electrons. The maximum Gasteiger partial charge on any atom is 0.0626 e. The number of hydrogen-bond acceptors (Lipinski definition) is 4. The summed E-state index contributed by atoms with van der Waals surface area (Å²) in [5.41, 5.74) is 0. The number of methoxy groups -OCH3 is 4. The van der Waals surface area contributed by atoms with Crippen LogP contribution >= 0.6 is 0 Å². The molecule has 0 atom stereocenters. The molecule has 0 amide bonds. The van der Waals surface area contributed by atoms with Crippen LogP contribution in [-0.2, 0) is 18.9 Å². The van der Waals surface area contributed by atoms with Crippen molar-refractivity contribution in [2.75, 3.05) is 54.9 Å². The van der Waals surface area contributed by atoms with Crippen LogP contribution in [0.25, 0.3) is 0 Å². The summed E-state index contributed by atoms with van der Waals surface area (Å²) in [7, 11) is 5.68. The molecule has 5 heteroatoms. The normalized spacial score (nSPS) is 12.0. The summed E-state index contributed by atoms with van der Waals surface area (Å²) >= 11 is 0. The lowest BCUT2D eigenvalue weighted by molar-refractivity contribution is 0.194. The van der Waals surface area contributed by atoms with Crippen molar-refractivity contribution in [3.63, 3.8) is 0 Å². The Hall–Kier alpha value is 0.0569. The molecule has 0 saturated heterocycles. The lowest BCUT2D eigenvalue weighted by Crippen LogP contribution is -2.39. The maximum absolute atomic E-state index is 5.25. The first-order valence-corrected chi connectivity index (χ1v) is 9.03. The highest BCUT2D eigenvalue weighted by Gasteiger charge is 2.31. The number of ether oxygens (including phenoxy) is 4. The van der Waals surface area contributed by atoms with Gasteiger partial charge in [0.1, 0.15) is 0 Å². The molecule has 0 heterocycles. The predicted octanol–water partition coefficient (Wildman–Crippen LogP) is 2.02. The Kier molecular flexibility index (Phi) is 11.2. The smallest absolute Gasteiger partial charge is 0.0626 e. The van der Waals surface area contributed by atoms with Gasteiger partial charge in [-0.05, 0) is 24.2 Å². The van der Waals surface area contributed by atoms with Crippen molar-refractivity contribution < 1.29 is 18.9 Å². The quantitative estimate of drug-likeness (QED) is 0.505. The standard InChI is InChI=1S/C12H28O4Si/c1-13-5-9-17(10-6-14-2,11-7-15-3)12-8-16-4/h5-12H2,1-4H3. The highest BCUT2D eigenvalue weighted by atomic mass is 28.3. The average Bonchev–Trinajstić information content (AvgIpc) is 2.37. The minimum absolute atomic E-state index is 0.837. The summed E-state index contributed by atoms with van der Waals surface area (Å²) in [4.78, 5) is 0. The molecule has 0 N–H and O–H groups in total. The number of hydrogen-bond donors (Lipinski definition) is 0. The highest BCUT2D eigenvalue weighted by molar-refractivity contribution is 6.80. The zero-order valence-electron chi connectivity index (χ0n) is 11.8. The minimum atomic E-state index is -1.38. The van der Waals surface area contributed by atoms with E-state index >= 15 is 0 Å². The summed E-state index contributed by atoms with van der Waals surface area (Å²) < 4.78 is 21.0. The minimum Gasteiger partial charge on any atom is -0.385 e. The number of rotatable bonds is 12. The van der Waals surface area contributed by atoms with Crippen LogP contribution in [0.4, 0.5) is 0 Å². The molecule has 0 bridgehead atoms. The molecule has 0 aliphatic rings. The summed E-state index contributed by atoms with van der Waals surface area (Å²) in [6.07, 6.45) is 0. The van der Waals surface area contributed by atoms with Gasteiger partial charge in [-0.3, -0.25) is 0 Å². The molecule has 0 unspecified atom stereocenters. The summed E-state index contributed by atoms with van der Waals surface area (Å²) in [6, 6.07) is 4.66. The molecule has 0 aliphatic heterocycles. The Labute approximate surface area is 107 Å². The van der Waals surface area contributed by atoms with Crippen LogP contribution in [0.1, 0.15) is 0 Å². The third-order valence-corrected chi connectivity index (χ3v) is 8.41. The second-order valence-electron chi connectivity index (χ2n) is 4.47. The van der Waals surface area contributed by atoms with E-state index in [0.717, 1.165) is 26.4 Å². The second kappa shape index (κ2) is 11.2. The van der Waals surface area contributed by atoms with Crippen molar-refractivity contribution in [1.82, 2.24) is 0 Å². The van der Waals surface area contributed by atoms with Crippen molar-refractivity contribution in [3.8, 4) is 0 Å². The van der Waals surface area contributed by atoms with Crippen LogP contribution in [0.2, 0.25) is 24.2 Å². The zero-order valence-corrected chi connectivity index (χ0v) is 12.8. The van der Waals surface area contributed by atoms with E-state index in [1.54, 1.807) is 28.4 Å². The van der Waals surface area contributed by atoms with Gasteiger partial charge < -0.3 is 18.9 Å². The van der Waals surface area contributed by atoms with Gasteiger partial charge in [0.05, 0.1) is 8.07 Å². The molecule has 104 valence electrons. The van der Waals surface area contributed by atoms with Crippen LogP contribution in [-0.4, -0.2) is 62.9 Å². The summed E-state index contributed by atoms with van der Waals surface area (Å²) in [5.74, 6) is 0. The fourth-order valence-electron chi connectivity index (χ4n) is 2.02. The van der Waals surface area contributed by atoms with Gasteiger partial charge in [0.25, 0.3) is 0 Å². The van der Waals surface area contributed by atoms with E-state index in [4.69, 9.17) is 18.9 Å². The lowest BCUT2D eigenvalue weighted by Gasteiger charge is -2.31. The van der Waals surface area contributed by atoms with Crippen LogP contribution in [0, 0.1) is 0 Å². The predicted molar refractivity (Wildman–Crippen MR) is 72.5 cm³/mol. The molecule has 0 rings (SSSR count). The van der Waals surface area contributed by atoms with Crippen LogP contribution in [0.15, 0.2) is 0 Å². The monoisotopic (exact) mass is 264 g/mol. The van der Waals surface area contributed by atoms with Gasteiger partial charge in [-0.15, -0.1) is 0 Å². The van der Waals surface area contributed by atoms with Crippen molar-refractivity contribution in [1.29, 1.82) is 0 Å². The van der Waals surface area contributed by atoms with Gasteiger partial charge >= 0.3 is 0 Å². The largest absolute Gasteiger partial charge is 0.385 e. The van der Waals surface area contributed by atoms with Gasteiger partial charge in [0.15, 0.2) is 0 Å². The first-order chi connectivity index (χ1) is 8.24. The Morgan fingerprint density at radius 1 is 0.529 bits per heavy atom. The first kappa shape index (κ1) is 17.1. The average molecular weight is 264 g/mol. The molecule has 0 aromatic rings. The fraction of sp³-hybridized carbons (Fsp3) is 1.00. The Balaban J connectivity index is 4.39. The van der Waals surface area contributed by atoms with Crippen molar-refractivity contribution in [2.45, 2.75) is 24.2 Å². The van der Waals surface area contributed by atoms with Gasteiger partial charge in [0, 0.05) is 54.9 Å². The first-order valence-electron chi connectivity index (χ1n) is 6.20. The molecule has 0 aliphatic carbocycles. The van der Waals surface area contributed by atoms with E-state index in [1.807, 2.05) is 0 Å². The molecule has 0 fully saturated rings. The van der Waals surface area contributed by atoms with Crippen molar-refractivity contribution >= 4 is 8.07 Å². The molecular weight excluding hydrogens is 236 g/mol. The fourth-order valence-corrected chi connectivity index (χ4v) is 6.07. The SMILES string of the molecule is COCC[Si](CCOC)(CCOC)CCOC. The van der Waals surface area contributed by atoms with E-state index in [1.165, 1.54) is 24.2 Å². The third-order valence-electron chi connectivity index (χ3n) is 3.35. The highest BCUT2D eigenvalue weighted by Crippen LogP contribution is 2.26. The van der Waals surface area contributed by atoms with Crippen LogP contribution < -0.4 is 0 Å². The van der Waals surface area contributed by atoms with E-state index in [9.17, 15) is 0 Å². The zero-order chi connectivity index (χ0) is 13.0. The third kappa shape index (κ3) is 7.89. The molecule has 0 aromatic heterocycles. The molecule has 4 nitrogen and oxygen atoms in total. The van der Waals surface area contributed by atoms with E-state index in [0.29, 0.717) is 0 Å². The van der Waals surface area contributed by atoms with Gasteiger partial charge in [-0.1, -0.05) is 0 Å². The molecule has 0 aromatic carbocycles. The maximum atomic E-state index is 5.25. The van der Waals surface area contributed by atoms with E-state index in [-0.39, 0.29) is 0 Å². The van der Waals surface area contributed by atoms with E-state index < -0.39 is 8.07 Å². The van der Waals surface area contributed by atoms with Crippen molar-refractivity contribution in [3.05, 3.63) is 0 Å². The Bertz CT molecular complexity index is 129. The molecular formula is C12H28O4Si. The molecule has 0 saturated carbocycles. The van der Waals surface area contributed by atoms with Gasteiger partial charge in [-0.2, -0.15) is 0 Å². The lowest BCUT2D eigenvalue weighted by atomic mass is 10.8. The van der Waals surface area contributed by atoms with Crippen molar-refractivity contribution in [2.24, 2.45) is 0 Å². The van der Waals surface area contributed by atoms with Gasteiger partial charge in [0.2, 0.25) is 0 Å². The molecule has 0 spiro atoms. The second-order valence-corrected chi connectivity index (χ2v) is 9.47.